The van der Waals surface area contributed by atoms with E-state index in [0.29, 0.717) is 6.04 Å². The summed E-state index contributed by atoms with van der Waals surface area (Å²) < 4.78 is 2.16. The highest BCUT2D eigenvalue weighted by molar-refractivity contribution is 5.12. The summed E-state index contributed by atoms with van der Waals surface area (Å²) in [6.07, 6.45) is 4.65. The summed E-state index contributed by atoms with van der Waals surface area (Å²) in [4.78, 5) is 2.39. The van der Waals surface area contributed by atoms with Crippen LogP contribution in [0.25, 0.3) is 0 Å². The van der Waals surface area contributed by atoms with Crippen molar-refractivity contribution < 1.29 is 0 Å². The van der Waals surface area contributed by atoms with Crippen molar-refractivity contribution in [2.75, 3.05) is 20.1 Å². The number of rotatable bonds is 1. The fourth-order valence-electron chi connectivity index (χ4n) is 2.02. The van der Waals surface area contributed by atoms with E-state index in [2.05, 4.69) is 41.8 Å². The van der Waals surface area contributed by atoms with E-state index in [4.69, 9.17) is 0 Å². The van der Waals surface area contributed by atoms with Crippen LogP contribution in [-0.2, 0) is 0 Å². The molecule has 2 rings (SSSR count). The Bertz CT molecular complexity index is 290. The van der Waals surface area contributed by atoms with Crippen LogP contribution in [0.1, 0.15) is 57.8 Å². The van der Waals surface area contributed by atoms with Crippen LogP contribution >= 0.6 is 0 Å². The van der Waals surface area contributed by atoms with Gasteiger partial charge in [0.2, 0.25) is 0 Å². The van der Waals surface area contributed by atoms with Crippen LogP contribution in [0.5, 0.6) is 0 Å². The summed E-state index contributed by atoms with van der Waals surface area (Å²) in [5.41, 5.74) is 2.48. The molecular weight excluding hydrogens is 222 g/mol. The summed E-state index contributed by atoms with van der Waals surface area (Å²) in [6, 6.07) is 0.624. The second-order valence-electron chi connectivity index (χ2n) is 4.41. The third kappa shape index (κ3) is 4.81. The highest BCUT2D eigenvalue weighted by Crippen LogP contribution is 2.21. The zero-order valence-corrected chi connectivity index (χ0v) is 13.3. The largest absolute Gasteiger partial charge is 0.306 e. The highest BCUT2D eigenvalue weighted by atomic mass is 15.3. The minimum absolute atomic E-state index is 0.624. The summed E-state index contributed by atoms with van der Waals surface area (Å²) in [5.74, 6) is 0. The van der Waals surface area contributed by atoms with Crippen molar-refractivity contribution in [2.45, 2.75) is 60.4 Å². The lowest BCUT2D eigenvalue weighted by molar-refractivity contribution is 0.212. The molecule has 1 aromatic rings. The van der Waals surface area contributed by atoms with Gasteiger partial charge in [0, 0.05) is 6.20 Å². The molecule has 1 fully saturated rings. The molecule has 0 atom stereocenters. The lowest BCUT2D eigenvalue weighted by Crippen LogP contribution is -2.31. The van der Waals surface area contributed by atoms with Gasteiger partial charge < -0.3 is 4.90 Å². The third-order valence-corrected chi connectivity index (χ3v) is 3.22. The Balaban J connectivity index is 0.000000659. The maximum atomic E-state index is 4.56. The smallest absolute Gasteiger partial charge is 0.0622 e. The molecule has 0 saturated carbocycles. The molecule has 0 aliphatic carbocycles. The van der Waals surface area contributed by atoms with Gasteiger partial charge in [-0.25, -0.2) is 0 Å². The predicted octanol–water partition coefficient (Wildman–Crippen LogP) is 3.82. The van der Waals surface area contributed by atoms with Crippen LogP contribution in [0, 0.1) is 13.8 Å². The van der Waals surface area contributed by atoms with Gasteiger partial charge in [0.05, 0.1) is 11.7 Å². The molecule has 2 heterocycles. The molecule has 0 bridgehead atoms. The normalized spacial score (nSPS) is 16.4. The Kier molecular flexibility index (Phi) is 8.73. The number of hydrogen-bond donors (Lipinski definition) is 0. The molecule has 0 spiro atoms. The molecular formula is C15H31N3. The molecule has 106 valence electrons. The van der Waals surface area contributed by atoms with Gasteiger partial charge in [0.15, 0.2) is 0 Å². The maximum absolute atomic E-state index is 4.56. The molecule has 0 unspecified atom stereocenters. The number of likely N-dealkylation sites (tertiary alicyclic amines) is 1. The number of aromatic nitrogens is 2. The highest BCUT2D eigenvalue weighted by Gasteiger charge is 2.18. The lowest BCUT2D eigenvalue weighted by atomic mass is 10.1. The van der Waals surface area contributed by atoms with Gasteiger partial charge in [-0.2, -0.15) is 5.10 Å². The van der Waals surface area contributed by atoms with Crippen molar-refractivity contribution in [3.8, 4) is 0 Å². The number of aryl methyl sites for hydroxylation is 2. The predicted molar refractivity (Wildman–Crippen MR) is 80.2 cm³/mol. The van der Waals surface area contributed by atoms with Gasteiger partial charge in [0.1, 0.15) is 0 Å². The molecule has 0 radical (unpaired) electrons. The van der Waals surface area contributed by atoms with Crippen LogP contribution in [-0.4, -0.2) is 34.8 Å². The molecule has 0 aromatic carbocycles. The van der Waals surface area contributed by atoms with Gasteiger partial charge in [-0.3, -0.25) is 4.68 Å². The number of piperidine rings is 1. The molecule has 3 nitrogen and oxygen atoms in total. The van der Waals surface area contributed by atoms with Gasteiger partial charge >= 0.3 is 0 Å². The maximum Gasteiger partial charge on any atom is 0.0622 e. The van der Waals surface area contributed by atoms with Crippen molar-refractivity contribution in [1.82, 2.24) is 14.7 Å². The third-order valence-electron chi connectivity index (χ3n) is 3.22. The summed E-state index contributed by atoms with van der Waals surface area (Å²) >= 11 is 0. The minimum Gasteiger partial charge on any atom is -0.306 e. The van der Waals surface area contributed by atoms with E-state index in [1.54, 1.807) is 0 Å². The van der Waals surface area contributed by atoms with E-state index in [-0.39, 0.29) is 0 Å². The SMILES string of the molecule is CC.CC.Cc1cn(C2CCN(C)CC2)nc1C. The van der Waals surface area contributed by atoms with Gasteiger partial charge in [-0.1, -0.05) is 27.7 Å². The van der Waals surface area contributed by atoms with Crippen LogP contribution < -0.4 is 0 Å². The van der Waals surface area contributed by atoms with Crippen LogP contribution in [0.4, 0.5) is 0 Å². The minimum atomic E-state index is 0.624. The van der Waals surface area contributed by atoms with Gasteiger partial charge in [-0.15, -0.1) is 0 Å². The van der Waals surface area contributed by atoms with Crippen LogP contribution in [0.15, 0.2) is 6.20 Å². The van der Waals surface area contributed by atoms with Crippen LogP contribution in [0.2, 0.25) is 0 Å². The monoisotopic (exact) mass is 253 g/mol. The van der Waals surface area contributed by atoms with Crippen LogP contribution in [0.3, 0.4) is 0 Å². The van der Waals surface area contributed by atoms with Crippen molar-refractivity contribution >= 4 is 0 Å². The molecule has 0 amide bonds. The molecule has 1 saturated heterocycles. The van der Waals surface area contributed by atoms with Gasteiger partial charge in [-0.05, 0) is 52.4 Å². The zero-order valence-electron chi connectivity index (χ0n) is 13.3. The van der Waals surface area contributed by atoms with Crippen molar-refractivity contribution in [1.29, 1.82) is 0 Å². The van der Waals surface area contributed by atoms with E-state index in [1.807, 2.05) is 27.7 Å². The number of nitrogens with zero attached hydrogens (tertiary/aromatic N) is 3. The quantitative estimate of drug-likeness (QED) is 0.758. The number of hydrogen-bond acceptors (Lipinski definition) is 2. The molecule has 1 aromatic heterocycles. The second-order valence-corrected chi connectivity index (χ2v) is 4.41. The molecule has 1 aliphatic rings. The zero-order chi connectivity index (χ0) is 14.1. The van der Waals surface area contributed by atoms with Crippen molar-refractivity contribution in [2.24, 2.45) is 0 Å². The Labute approximate surface area is 113 Å². The topological polar surface area (TPSA) is 21.1 Å². The summed E-state index contributed by atoms with van der Waals surface area (Å²) in [7, 11) is 2.19. The average molecular weight is 253 g/mol. The first-order valence-corrected chi connectivity index (χ1v) is 7.37. The summed E-state index contributed by atoms with van der Waals surface area (Å²) in [6.45, 7) is 14.6. The van der Waals surface area contributed by atoms with E-state index in [0.717, 1.165) is 0 Å². The Hall–Kier alpha value is -0.830. The standard InChI is InChI=1S/C11H19N3.2C2H6/c1-9-8-14(12-10(9)2)11-4-6-13(3)7-5-11;2*1-2/h8,11H,4-7H2,1-3H3;2*1-2H3. The molecule has 0 N–H and O–H groups in total. The second kappa shape index (κ2) is 9.15. The Morgan fingerprint density at radius 2 is 1.56 bits per heavy atom. The Morgan fingerprint density at radius 1 is 1.06 bits per heavy atom. The fraction of sp³-hybridized carbons (Fsp3) is 0.800. The average Bonchev–Trinajstić information content (AvgIpc) is 2.75. The summed E-state index contributed by atoms with van der Waals surface area (Å²) in [5, 5.41) is 4.56. The van der Waals surface area contributed by atoms with E-state index < -0.39 is 0 Å². The van der Waals surface area contributed by atoms with E-state index in [1.165, 1.54) is 37.2 Å². The molecule has 3 heteroatoms. The van der Waals surface area contributed by atoms with Crippen molar-refractivity contribution in [3.63, 3.8) is 0 Å². The Morgan fingerprint density at radius 3 is 1.94 bits per heavy atom. The van der Waals surface area contributed by atoms with Crippen molar-refractivity contribution in [3.05, 3.63) is 17.5 Å². The van der Waals surface area contributed by atoms with E-state index in [9.17, 15) is 0 Å². The molecule has 1 aliphatic heterocycles. The first-order chi connectivity index (χ1) is 8.66. The molecule has 18 heavy (non-hydrogen) atoms. The first-order valence-electron chi connectivity index (χ1n) is 7.37. The first kappa shape index (κ1) is 17.2. The fourth-order valence-corrected chi connectivity index (χ4v) is 2.02. The van der Waals surface area contributed by atoms with E-state index >= 15 is 0 Å². The van der Waals surface area contributed by atoms with Gasteiger partial charge in [0.25, 0.3) is 0 Å². The lowest BCUT2D eigenvalue weighted by Gasteiger charge is -2.29.